The molecule has 102 valence electrons. The summed E-state index contributed by atoms with van der Waals surface area (Å²) in [5.41, 5.74) is 0. The number of furan rings is 1. The van der Waals surface area contributed by atoms with Crippen LogP contribution in [0.2, 0.25) is 0 Å². The molecular formula is C13H15BrN2O2S. The molecule has 1 atom stereocenters. The van der Waals surface area contributed by atoms with Crippen molar-refractivity contribution in [2.75, 3.05) is 0 Å². The molecule has 0 spiro atoms. The van der Waals surface area contributed by atoms with Crippen LogP contribution in [0.25, 0.3) is 0 Å². The molecule has 0 aliphatic heterocycles. The molecule has 19 heavy (non-hydrogen) atoms. The number of hydrogen-bond acceptors (Lipinski definition) is 4. The maximum Gasteiger partial charge on any atom is 0.237 e. The number of carbonyl (C=O) groups is 1. The minimum absolute atomic E-state index is 0.0352. The second kappa shape index (κ2) is 6.88. The number of nitrogens with one attached hydrogen (secondary N) is 2. The zero-order valence-electron chi connectivity index (χ0n) is 10.5. The number of amides is 1. The Balaban J connectivity index is 1.73. The molecule has 2 aromatic heterocycles. The van der Waals surface area contributed by atoms with Crippen molar-refractivity contribution >= 4 is 33.2 Å². The van der Waals surface area contributed by atoms with Crippen molar-refractivity contribution in [3.8, 4) is 0 Å². The lowest BCUT2D eigenvalue weighted by molar-refractivity contribution is -0.123. The second-order valence-electron chi connectivity index (χ2n) is 4.13. The van der Waals surface area contributed by atoms with Crippen molar-refractivity contribution < 1.29 is 9.21 Å². The largest absolute Gasteiger partial charge is 0.467 e. The summed E-state index contributed by atoms with van der Waals surface area (Å²) in [5, 5.41) is 8.04. The lowest BCUT2D eigenvalue weighted by atomic mass is 10.3. The molecule has 2 rings (SSSR count). The van der Waals surface area contributed by atoms with Gasteiger partial charge in [-0.05, 0) is 41.1 Å². The lowest BCUT2D eigenvalue weighted by Gasteiger charge is -2.12. The molecule has 0 bridgehead atoms. The van der Waals surface area contributed by atoms with E-state index in [1.165, 1.54) is 4.88 Å². The summed E-state index contributed by atoms with van der Waals surface area (Å²) in [4.78, 5) is 13.0. The summed E-state index contributed by atoms with van der Waals surface area (Å²) in [7, 11) is 0. The normalized spacial score (nSPS) is 12.3. The third-order valence-corrected chi connectivity index (χ3v) is 4.31. The summed E-state index contributed by atoms with van der Waals surface area (Å²) in [6.07, 6.45) is 1.60. The van der Waals surface area contributed by atoms with E-state index in [9.17, 15) is 4.79 Å². The predicted molar refractivity (Wildman–Crippen MR) is 78.9 cm³/mol. The van der Waals surface area contributed by atoms with Crippen molar-refractivity contribution in [2.45, 2.75) is 26.1 Å². The van der Waals surface area contributed by atoms with E-state index in [1.807, 2.05) is 24.4 Å². The van der Waals surface area contributed by atoms with Gasteiger partial charge in [0.1, 0.15) is 5.76 Å². The van der Waals surface area contributed by atoms with Crippen LogP contribution in [-0.4, -0.2) is 11.9 Å². The van der Waals surface area contributed by atoms with Gasteiger partial charge in [-0.2, -0.15) is 0 Å². The molecule has 0 aliphatic rings. The Morgan fingerprint density at radius 2 is 2.37 bits per heavy atom. The van der Waals surface area contributed by atoms with E-state index in [4.69, 9.17) is 4.42 Å². The highest BCUT2D eigenvalue weighted by Crippen LogP contribution is 2.19. The minimum atomic E-state index is -0.240. The van der Waals surface area contributed by atoms with Crippen LogP contribution >= 0.6 is 27.3 Å². The summed E-state index contributed by atoms with van der Waals surface area (Å²) in [6, 6.07) is 5.45. The van der Waals surface area contributed by atoms with Gasteiger partial charge in [0.25, 0.3) is 0 Å². The van der Waals surface area contributed by atoms with E-state index < -0.39 is 0 Å². The molecule has 0 radical (unpaired) electrons. The van der Waals surface area contributed by atoms with Crippen molar-refractivity contribution in [1.29, 1.82) is 0 Å². The molecule has 2 aromatic rings. The highest BCUT2D eigenvalue weighted by Gasteiger charge is 2.12. The average Bonchev–Trinajstić information content (AvgIpc) is 3.04. The average molecular weight is 343 g/mol. The van der Waals surface area contributed by atoms with Crippen LogP contribution < -0.4 is 10.6 Å². The van der Waals surface area contributed by atoms with Crippen LogP contribution in [0.5, 0.6) is 0 Å². The summed E-state index contributed by atoms with van der Waals surface area (Å²) in [6.45, 7) is 2.95. The van der Waals surface area contributed by atoms with Crippen LogP contribution in [0.3, 0.4) is 0 Å². The highest BCUT2D eigenvalue weighted by molar-refractivity contribution is 9.10. The highest BCUT2D eigenvalue weighted by atomic mass is 79.9. The fraction of sp³-hybridized carbons (Fsp3) is 0.308. The van der Waals surface area contributed by atoms with Gasteiger partial charge in [-0.3, -0.25) is 4.79 Å². The first-order chi connectivity index (χ1) is 9.15. The number of hydrogen-bond donors (Lipinski definition) is 2. The Labute approximate surface area is 124 Å². The van der Waals surface area contributed by atoms with Crippen molar-refractivity contribution in [3.63, 3.8) is 0 Å². The molecule has 0 aliphatic carbocycles. The first-order valence-electron chi connectivity index (χ1n) is 5.91. The lowest BCUT2D eigenvalue weighted by Crippen LogP contribution is -2.41. The van der Waals surface area contributed by atoms with E-state index in [2.05, 4.69) is 26.6 Å². The zero-order chi connectivity index (χ0) is 13.7. The minimum Gasteiger partial charge on any atom is -0.467 e. The van der Waals surface area contributed by atoms with Crippen molar-refractivity contribution in [3.05, 3.63) is 45.0 Å². The second-order valence-corrected chi connectivity index (χ2v) is 6.04. The third-order valence-electron chi connectivity index (χ3n) is 2.61. The van der Waals surface area contributed by atoms with E-state index in [-0.39, 0.29) is 11.9 Å². The topological polar surface area (TPSA) is 54.3 Å². The number of halogens is 1. The van der Waals surface area contributed by atoms with E-state index in [0.717, 1.165) is 10.2 Å². The van der Waals surface area contributed by atoms with Gasteiger partial charge in [-0.1, -0.05) is 0 Å². The quantitative estimate of drug-likeness (QED) is 0.848. The molecule has 2 N–H and O–H groups in total. The maximum atomic E-state index is 11.8. The van der Waals surface area contributed by atoms with Crippen LogP contribution in [0.15, 0.2) is 38.7 Å². The van der Waals surface area contributed by atoms with E-state index in [1.54, 1.807) is 23.7 Å². The van der Waals surface area contributed by atoms with Gasteiger partial charge < -0.3 is 15.1 Å². The third kappa shape index (κ3) is 4.49. The number of rotatable bonds is 6. The summed E-state index contributed by atoms with van der Waals surface area (Å²) in [5.74, 6) is 0.717. The molecule has 0 saturated heterocycles. The molecule has 0 saturated carbocycles. The summed E-state index contributed by atoms with van der Waals surface area (Å²) >= 11 is 5.07. The molecule has 1 unspecified atom stereocenters. The zero-order valence-corrected chi connectivity index (χ0v) is 12.9. The van der Waals surface area contributed by atoms with E-state index >= 15 is 0 Å². The Bertz CT molecular complexity index is 524. The Morgan fingerprint density at radius 3 is 3.00 bits per heavy atom. The number of thiophene rings is 1. The summed E-state index contributed by atoms with van der Waals surface area (Å²) < 4.78 is 6.23. The number of carbonyl (C=O) groups excluding carboxylic acids is 1. The van der Waals surface area contributed by atoms with Gasteiger partial charge in [0.2, 0.25) is 5.91 Å². The SMILES string of the molecule is CC(NCc1cc(Br)cs1)C(=O)NCc1ccco1. The van der Waals surface area contributed by atoms with Crippen LogP contribution in [0.1, 0.15) is 17.6 Å². The first kappa shape index (κ1) is 14.3. The molecule has 4 nitrogen and oxygen atoms in total. The standard InChI is InChI=1S/C13H15BrN2O2S/c1-9(15-7-12-5-10(14)8-19-12)13(17)16-6-11-3-2-4-18-11/h2-5,8-9,15H,6-7H2,1H3,(H,16,17). The van der Waals surface area contributed by atoms with Gasteiger partial charge in [0, 0.05) is 21.3 Å². The van der Waals surface area contributed by atoms with Gasteiger partial charge in [-0.15, -0.1) is 11.3 Å². The molecule has 0 aromatic carbocycles. The van der Waals surface area contributed by atoms with Crippen LogP contribution in [0, 0.1) is 0 Å². The predicted octanol–water partition coefficient (Wildman–Crippen LogP) is 2.90. The molecule has 2 heterocycles. The Hall–Kier alpha value is -1.11. The van der Waals surface area contributed by atoms with Gasteiger partial charge in [-0.25, -0.2) is 0 Å². The van der Waals surface area contributed by atoms with Crippen LogP contribution in [0.4, 0.5) is 0 Å². The molecule has 1 amide bonds. The smallest absolute Gasteiger partial charge is 0.237 e. The van der Waals surface area contributed by atoms with Gasteiger partial charge in [0.05, 0.1) is 18.8 Å². The Kier molecular flexibility index (Phi) is 5.18. The molecule has 6 heteroatoms. The monoisotopic (exact) mass is 342 g/mol. The van der Waals surface area contributed by atoms with E-state index in [0.29, 0.717) is 13.1 Å². The van der Waals surface area contributed by atoms with Gasteiger partial charge >= 0.3 is 0 Å². The van der Waals surface area contributed by atoms with Gasteiger partial charge in [0.15, 0.2) is 0 Å². The molecular weight excluding hydrogens is 328 g/mol. The fourth-order valence-electron chi connectivity index (χ4n) is 1.53. The molecule has 0 fully saturated rings. The van der Waals surface area contributed by atoms with Crippen LogP contribution in [-0.2, 0) is 17.9 Å². The maximum absolute atomic E-state index is 11.8. The Morgan fingerprint density at radius 1 is 1.53 bits per heavy atom. The van der Waals surface area contributed by atoms with Crippen molar-refractivity contribution in [1.82, 2.24) is 10.6 Å². The fourth-order valence-corrected chi connectivity index (χ4v) is 2.94. The first-order valence-corrected chi connectivity index (χ1v) is 7.59. The van der Waals surface area contributed by atoms with Crippen molar-refractivity contribution in [2.24, 2.45) is 0 Å².